The highest BCUT2D eigenvalue weighted by Crippen LogP contribution is 2.25. The molecular formula is C12H18N2O. The van der Waals surface area contributed by atoms with Gasteiger partial charge >= 0.3 is 0 Å². The van der Waals surface area contributed by atoms with Crippen molar-refractivity contribution in [2.45, 2.75) is 51.0 Å². The minimum Gasteiger partial charge on any atom is -0.361 e. The van der Waals surface area contributed by atoms with Crippen molar-refractivity contribution in [3.63, 3.8) is 0 Å². The Morgan fingerprint density at radius 2 is 2.20 bits per heavy atom. The minimum atomic E-state index is 0.629. The van der Waals surface area contributed by atoms with Crippen molar-refractivity contribution >= 4 is 0 Å². The first-order valence-corrected chi connectivity index (χ1v) is 6.13. The number of hydrogen-bond donors (Lipinski definition) is 1. The Kier molecular flexibility index (Phi) is 2.49. The van der Waals surface area contributed by atoms with Crippen molar-refractivity contribution in [2.24, 2.45) is 0 Å². The number of nitrogens with zero attached hydrogens (tertiary/aromatic N) is 1. The lowest BCUT2D eigenvalue weighted by molar-refractivity contribution is 0.364. The molecule has 1 fully saturated rings. The lowest BCUT2D eigenvalue weighted by Gasteiger charge is -2.11. The first-order valence-electron chi connectivity index (χ1n) is 6.13. The number of fused-ring (bicyclic) bond motifs is 1. The average Bonchev–Trinajstić information content (AvgIpc) is 2.89. The molecule has 2 heterocycles. The van der Waals surface area contributed by atoms with Crippen molar-refractivity contribution in [3.8, 4) is 0 Å². The fraction of sp³-hybridized carbons (Fsp3) is 0.750. The van der Waals surface area contributed by atoms with Crippen LogP contribution in [0.15, 0.2) is 4.52 Å². The normalized spacial score (nSPS) is 25.5. The third-order valence-electron chi connectivity index (χ3n) is 3.64. The summed E-state index contributed by atoms with van der Waals surface area (Å²) in [6, 6.07) is 0.629. The Hall–Kier alpha value is -0.830. The number of nitrogens with one attached hydrogen (secondary N) is 1. The number of rotatable bonds is 2. The van der Waals surface area contributed by atoms with Gasteiger partial charge in [0.15, 0.2) is 0 Å². The Morgan fingerprint density at radius 3 is 3.07 bits per heavy atom. The minimum absolute atomic E-state index is 0.629. The summed E-state index contributed by atoms with van der Waals surface area (Å²) >= 11 is 0. The van der Waals surface area contributed by atoms with Crippen molar-refractivity contribution in [2.75, 3.05) is 6.54 Å². The fourth-order valence-electron chi connectivity index (χ4n) is 2.77. The molecule has 1 atom stereocenters. The predicted molar refractivity (Wildman–Crippen MR) is 57.9 cm³/mol. The first-order chi connectivity index (χ1) is 7.43. The van der Waals surface area contributed by atoms with Gasteiger partial charge in [-0.15, -0.1) is 0 Å². The molecule has 0 aromatic carbocycles. The zero-order valence-electron chi connectivity index (χ0n) is 9.09. The molecule has 1 unspecified atom stereocenters. The van der Waals surface area contributed by atoms with E-state index in [0.29, 0.717) is 6.04 Å². The molecule has 0 amide bonds. The van der Waals surface area contributed by atoms with E-state index in [9.17, 15) is 0 Å². The fourth-order valence-corrected chi connectivity index (χ4v) is 2.77. The van der Waals surface area contributed by atoms with Crippen LogP contribution in [0.5, 0.6) is 0 Å². The van der Waals surface area contributed by atoms with E-state index in [2.05, 4.69) is 10.5 Å². The second kappa shape index (κ2) is 3.97. The van der Waals surface area contributed by atoms with Gasteiger partial charge in [0.2, 0.25) is 0 Å². The van der Waals surface area contributed by atoms with E-state index in [1.165, 1.54) is 49.9 Å². The van der Waals surface area contributed by atoms with E-state index in [4.69, 9.17) is 4.52 Å². The molecule has 3 nitrogen and oxygen atoms in total. The van der Waals surface area contributed by atoms with Crippen LogP contribution in [-0.2, 0) is 19.3 Å². The molecule has 1 N–H and O–H groups in total. The third-order valence-corrected chi connectivity index (χ3v) is 3.64. The van der Waals surface area contributed by atoms with E-state index in [1.54, 1.807) is 0 Å². The van der Waals surface area contributed by atoms with Gasteiger partial charge in [-0.25, -0.2) is 0 Å². The zero-order chi connectivity index (χ0) is 10.1. The maximum absolute atomic E-state index is 5.49. The number of aromatic nitrogens is 1. The lowest BCUT2D eigenvalue weighted by atomic mass is 9.94. The van der Waals surface area contributed by atoms with Crippen LogP contribution in [-0.4, -0.2) is 17.7 Å². The highest BCUT2D eigenvalue weighted by atomic mass is 16.5. The van der Waals surface area contributed by atoms with E-state index >= 15 is 0 Å². The summed E-state index contributed by atoms with van der Waals surface area (Å²) in [7, 11) is 0. The maximum Gasteiger partial charge on any atom is 0.141 e. The summed E-state index contributed by atoms with van der Waals surface area (Å²) in [4.78, 5) is 0. The van der Waals surface area contributed by atoms with Crippen LogP contribution in [0, 0.1) is 0 Å². The molecule has 1 aliphatic heterocycles. The standard InChI is InChI=1S/C12H18N2O/c1-2-6-11-10(5-1)12(15-14-11)8-9-4-3-7-13-9/h9,13H,1-8H2. The van der Waals surface area contributed by atoms with Crippen molar-refractivity contribution < 1.29 is 4.52 Å². The molecule has 0 radical (unpaired) electrons. The van der Waals surface area contributed by atoms with Gasteiger partial charge in [0.1, 0.15) is 5.76 Å². The molecular weight excluding hydrogens is 188 g/mol. The van der Waals surface area contributed by atoms with Crippen LogP contribution in [0.1, 0.15) is 42.7 Å². The summed E-state index contributed by atoms with van der Waals surface area (Å²) in [5, 5.41) is 7.71. The third kappa shape index (κ3) is 1.81. The Morgan fingerprint density at radius 1 is 1.27 bits per heavy atom. The van der Waals surface area contributed by atoms with Gasteiger partial charge in [0, 0.05) is 18.0 Å². The second-order valence-electron chi connectivity index (χ2n) is 4.74. The number of aryl methyl sites for hydroxylation is 1. The van der Waals surface area contributed by atoms with Gasteiger partial charge in [-0.3, -0.25) is 0 Å². The summed E-state index contributed by atoms with van der Waals surface area (Å²) in [5.74, 6) is 1.16. The van der Waals surface area contributed by atoms with Crippen molar-refractivity contribution in [1.29, 1.82) is 0 Å². The van der Waals surface area contributed by atoms with Crippen molar-refractivity contribution in [3.05, 3.63) is 17.0 Å². The van der Waals surface area contributed by atoms with Gasteiger partial charge in [-0.05, 0) is 45.1 Å². The first kappa shape index (κ1) is 9.40. The van der Waals surface area contributed by atoms with Gasteiger partial charge in [0.05, 0.1) is 5.69 Å². The molecule has 1 aromatic rings. The Balaban J connectivity index is 1.76. The molecule has 3 heteroatoms. The monoisotopic (exact) mass is 206 g/mol. The highest BCUT2D eigenvalue weighted by molar-refractivity contribution is 5.26. The van der Waals surface area contributed by atoms with Gasteiger partial charge in [-0.2, -0.15) is 0 Å². The molecule has 0 spiro atoms. The van der Waals surface area contributed by atoms with Crippen LogP contribution in [0.4, 0.5) is 0 Å². The topological polar surface area (TPSA) is 38.1 Å². The molecule has 0 bridgehead atoms. The lowest BCUT2D eigenvalue weighted by Crippen LogP contribution is -2.24. The number of hydrogen-bond acceptors (Lipinski definition) is 3. The maximum atomic E-state index is 5.49. The molecule has 15 heavy (non-hydrogen) atoms. The van der Waals surface area contributed by atoms with Crippen LogP contribution in [0.2, 0.25) is 0 Å². The smallest absolute Gasteiger partial charge is 0.141 e. The van der Waals surface area contributed by atoms with Gasteiger partial charge in [-0.1, -0.05) is 5.16 Å². The van der Waals surface area contributed by atoms with Crippen LogP contribution >= 0.6 is 0 Å². The van der Waals surface area contributed by atoms with Gasteiger partial charge < -0.3 is 9.84 Å². The largest absolute Gasteiger partial charge is 0.361 e. The summed E-state index contributed by atoms with van der Waals surface area (Å²) in [6.07, 6.45) is 8.52. The van der Waals surface area contributed by atoms with Gasteiger partial charge in [0.25, 0.3) is 0 Å². The highest BCUT2D eigenvalue weighted by Gasteiger charge is 2.23. The van der Waals surface area contributed by atoms with E-state index in [1.807, 2.05) is 0 Å². The quantitative estimate of drug-likeness (QED) is 0.802. The van der Waals surface area contributed by atoms with E-state index in [-0.39, 0.29) is 0 Å². The van der Waals surface area contributed by atoms with E-state index in [0.717, 1.165) is 18.6 Å². The molecule has 3 rings (SSSR count). The SMILES string of the molecule is C1CCc2c(noc2CC2CCCN2)C1. The van der Waals surface area contributed by atoms with Crippen molar-refractivity contribution in [1.82, 2.24) is 10.5 Å². The average molecular weight is 206 g/mol. The molecule has 1 aliphatic carbocycles. The molecule has 1 aromatic heterocycles. The summed E-state index contributed by atoms with van der Waals surface area (Å²) < 4.78 is 5.49. The molecule has 0 saturated carbocycles. The second-order valence-corrected chi connectivity index (χ2v) is 4.74. The van der Waals surface area contributed by atoms with Crippen LogP contribution in [0.25, 0.3) is 0 Å². The molecule has 82 valence electrons. The Labute approximate surface area is 90.2 Å². The molecule has 2 aliphatic rings. The van der Waals surface area contributed by atoms with Crippen LogP contribution in [0.3, 0.4) is 0 Å². The summed E-state index contributed by atoms with van der Waals surface area (Å²) in [5.41, 5.74) is 2.66. The van der Waals surface area contributed by atoms with Crippen LogP contribution < -0.4 is 5.32 Å². The predicted octanol–water partition coefficient (Wildman–Crippen LogP) is 1.85. The molecule has 1 saturated heterocycles. The zero-order valence-corrected chi connectivity index (χ0v) is 9.09. The van der Waals surface area contributed by atoms with E-state index < -0.39 is 0 Å². The Bertz CT molecular complexity index is 339. The summed E-state index contributed by atoms with van der Waals surface area (Å²) in [6.45, 7) is 1.17.